The lowest BCUT2D eigenvalue weighted by Crippen LogP contribution is -2.01. The maximum Gasteiger partial charge on any atom is 0.175 e. The van der Waals surface area contributed by atoms with Crippen LogP contribution in [-0.4, -0.2) is 20.5 Å². The van der Waals surface area contributed by atoms with Crippen molar-refractivity contribution in [2.75, 3.05) is 6.26 Å². The lowest BCUT2D eigenvalue weighted by molar-refractivity contribution is 0.0986. The van der Waals surface area contributed by atoms with Crippen molar-refractivity contribution in [2.24, 2.45) is 0 Å². The molecule has 21 heavy (non-hydrogen) atoms. The molecule has 2 aromatic rings. The highest BCUT2D eigenvalue weighted by molar-refractivity contribution is 7.90. The number of hydrogen-bond acceptors (Lipinski definition) is 4. The number of hydrogen-bond donors (Lipinski definition) is 0. The summed E-state index contributed by atoms with van der Waals surface area (Å²) >= 11 is 0. The molecule has 4 nitrogen and oxygen atoms in total. The van der Waals surface area contributed by atoms with E-state index in [1.165, 1.54) is 12.1 Å². The topological polar surface area (TPSA) is 60.4 Å². The van der Waals surface area contributed by atoms with Crippen LogP contribution in [0.1, 0.15) is 23.7 Å². The predicted octanol–water partition coefficient (Wildman–Crippen LogP) is 3.48. The smallest absolute Gasteiger partial charge is 0.175 e. The molecule has 110 valence electrons. The lowest BCUT2D eigenvalue weighted by atomic mass is 10.1. The third kappa shape index (κ3) is 3.70. The minimum Gasteiger partial charge on any atom is -0.457 e. The highest BCUT2D eigenvalue weighted by Gasteiger charge is 2.12. The van der Waals surface area contributed by atoms with Crippen LogP contribution in [0.3, 0.4) is 0 Å². The first-order valence-electron chi connectivity index (χ1n) is 6.52. The van der Waals surface area contributed by atoms with Crippen LogP contribution in [0.15, 0.2) is 53.4 Å². The van der Waals surface area contributed by atoms with Gasteiger partial charge in [0.2, 0.25) is 0 Å². The molecule has 0 aliphatic rings. The number of carbonyl (C=O) groups is 1. The molecule has 0 radical (unpaired) electrons. The quantitative estimate of drug-likeness (QED) is 0.793. The third-order valence-electron chi connectivity index (χ3n) is 2.97. The summed E-state index contributed by atoms with van der Waals surface area (Å²) in [6.45, 7) is 1.78. The van der Waals surface area contributed by atoms with E-state index < -0.39 is 9.84 Å². The van der Waals surface area contributed by atoms with Crippen LogP contribution in [0, 0.1) is 0 Å². The lowest BCUT2D eigenvalue weighted by Gasteiger charge is -2.10. The maximum atomic E-state index is 11.9. The summed E-state index contributed by atoms with van der Waals surface area (Å²) in [6, 6.07) is 13.1. The molecule has 0 aromatic heterocycles. The van der Waals surface area contributed by atoms with Gasteiger partial charge in [-0.3, -0.25) is 4.79 Å². The molecule has 2 aromatic carbocycles. The van der Waals surface area contributed by atoms with Crippen molar-refractivity contribution in [1.82, 2.24) is 0 Å². The van der Waals surface area contributed by atoms with Gasteiger partial charge in [0.25, 0.3) is 0 Å². The standard InChI is InChI=1S/C16H16O4S/c1-3-15(17)14-9-4-5-10-16(14)20-12-7-6-8-13(11-12)21(2,18)19/h4-11H,3H2,1-2H3. The Hall–Kier alpha value is -2.14. The van der Waals surface area contributed by atoms with Crippen LogP contribution >= 0.6 is 0 Å². The van der Waals surface area contributed by atoms with Crippen molar-refractivity contribution in [2.45, 2.75) is 18.2 Å². The van der Waals surface area contributed by atoms with Gasteiger partial charge in [0.15, 0.2) is 15.6 Å². The minimum atomic E-state index is -3.30. The van der Waals surface area contributed by atoms with Crippen molar-refractivity contribution < 1.29 is 17.9 Å². The molecule has 5 heteroatoms. The number of ketones is 1. The van der Waals surface area contributed by atoms with E-state index >= 15 is 0 Å². The van der Waals surface area contributed by atoms with E-state index in [2.05, 4.69) is 0 Å². The SMILES string of the molecule is CCC(=O)c1ccccc1Oc1cccc(S(C)(=O)=O)c1. The fourth-order valence-corrected chi connectivity index (χ4v) is 2.53. The number of carbonyl (C=O) groups excluding carboxylic acids is 1. The molecule has 0 saturated heterocycles. The highest BCUT2D eigenvalue weighted by atomic mass is 32.2. The van der Waals surface area contributed by atoms with Crippen molar-refractivity contribution in [3.05, 3.63) is 54.1 Å². The number of rotatable bonds is 5. The fourth-order valence-electron chi connectivity index (χ4n) is 1.87. The van der Waals surface area contributed by atoms with Crippen molar-refractivity contribution >= 4 is 15.6 Å². The first-order chi connectivity index (χ1) is 9.91. The van der Waals surface area contributed by atoms with Crippen molar-refractivity contribution in [3.8, 4) is 11.5 Å². The van der Waals surface area contributed by atoms with Gasteiger partial charge in [-0.15, -0.1) is 0 Å². The Kier molecular flexibility index (Phi) is 4.43. The molecule has 0 unspecified atom stereocenters. The number of benzene rings is 2. The van der Waals surface area contributed by atoms with E-state index in [9.17, 15) is 13.2 Å². The molecule has 0 spiro atoms. The molecule has 0 atom stereocenters. The molecule has 0 heterocycles. The molecule has 0 amide bonds. The second kappa shape index (κ2) is 6.10. The Morgan fingerprint density at radius 3 is 2.48 bits per heavy atom. The Balaban J connectivity index is 2.37. The summed E-state index contributed by atoms with van der Waals surface area (Å²) in [7, 11) is -3.30. The average molecular weight is 304 g/mol. The monoisotopic (exact) mass is 304 g/mol. The van der Waals surface area contributed by atoms with Gasteiger partial charge in [-0.05, 0) is 30.3 Å². The highest BCUT2D eigenvalue weighted by Crippen LogP contribution is 2.27. The van der Waals surface area contributed by atoms with Crippen LogP contribution in [-0.2, 0) is 9.84 Å². The first-order valence-corrected chi connectivity index (χ1v) is 8.41. The maximum absolute atomic E-state index is 11.9. The number of sulfone groups is 1. The zero-order valence-corrected chi connectivity index (χ0v) is 12.7. The van der Waals surface area contributed by atoms with Gasteiger partial charge >= 0.3 is 0 Å². The summed E-state index contributed by atoms with van der Waals surface area (Å²) in [4.78, 5) is 12.1. The van der Waals surface area contributed by atoms with E-state index in [0.29, 0.717) is 23.5 Å². The average Bonchev–Trinajstić information content (AvgIpc) is 2.46. The molecular formula is C16H16O4S. The largest absolute Gasteiger partial charge is 0.457 e. The van der Waals surface area contributed by atoms with Crippen LogP contribution in [0.5, 0.6) is 11.5 Å². The molecular weight excluding hydrogens is 288 g/mol. The molecule has 0 fully saturated rings. The van der Waals surface area contributed by atoms with E-state index in [0.717, 1.165) is 6.26 Å². The molecule has 2 rings (SSSR count). The van der Waals surface area contributed by atoms with Gasteiger partial charge < -0.3 is 4.74 Å². The van der Waals surface area contributed by atoms with Gasteiger partial charge in [-0.2, -0.15) is 0 Å². The van der Waals surface area contributed by atoms with Crippen LogP contribution in [0.2, 0.25) is 0 Å². The van der Waals surface area contributed by atoms with Gasteiger partial charge in [-0.1, -0.05) is 25.1 Å². The Morgan fingerprint density at radius 1 is 1.10 bits per heavy atom. The zero-order valence-electron chi connectivity index (χ0n) is 11.9. The van der Waals surface area contributed by atoms with Crippen LogP contribution in [0.4, 0.5) is 0 Å². The van der Waals surface area contributed by atoms with Crippen LogP contribution in [0.25, 0.3) is 0 Å². The fraction of sp³-hybridized carbons (Fsp3) is 0.188. The normalized spacial score (nSPS) is 11.1. The zero-order chi connectivity index (χ0) is 15.5. The van der Waals surface area contributed by atoms with Gasteiger partial charge in [-0.25, -0.2) is 8.42 Å². The Labute approximate surface area is 124 Å². The Bertz CT molecular complexity index is 763. The van der Waals surface area contributed by atoms with E-state index in [-0.39, 0.29) is 10.7 Å². The number of Topliss-reactive ketones (excluding diaryl/α,β-unsaturated/α-hetero) is 1. The van der Waals surface area contributed by atoms with Crippen molar-refractivity contribution in [3.63, 3.8) is 0 Å². The van der Waals surface area contributed by atoms with E-state index in [4.69, 9.17) is 4.74 Å². The minimum absolute atomic E-state index is 0.0233. The molecule has 0 saturated carbocycles. The van der Waals surface area contributed by atoms with Crippen LogP contribution < -0.4 is 4.74 Å². The number of ether oxygens (including phenoxy) is 1. The van der Waals surface area contributed by atoms with E-state index in [1.54, 1.807) is 43.3 Å². The summed E-state index contributed by atoms with van der Waals surface area (Å²) < 4.78 is 28.8. The number of para-hydroxylation sites is 1. The Morgan fingerprint density at radius 2 is 1.81 bits per heavy atom. The third-order valence-corrected chi connectivity index (χ3v) is 4.08. The molecule has 0 N–H and O–H groups in total. The molecule has 0 aliphatic heterocycles. The molecule has 0 aliphatic carbocycles. The molecule has 0 bridgehead atoms. The second-order valence-electron chi connectivity index (χ2n) is 4.62. The summed E-state index contributed by atoms with van der Waals surface area (Å²) in [5, 5.41) is 0. The van der Waals surface area contributed by atoms with E-state index in [1.807, 2.05) is 0 Å². The van der Waals surface area contributed by atoms with Gasteiger partial charge in [0.05, 0.1) is 10.5 Å². The predicted molar refractivity (Wildman–Crippen MR) is 80.7 cm³/mol. The summed E-state index contributed by atoms with van der Waals surface area (Å²) in [5.74, 6) is 0.786. The first kappa shape index (κ1) is 15.3. The summed E-state index contributed by atoms with van der Waals surface area (Å²) in [6.07, 6.45) is 1.52. The van der Waals surface area contributed by atoms with Gasteiger partial charge in [0, 0.05) is 12.7 Å². The second-order valence-corrected chi connectivity index (χ2v) is 6.64. The van der Waals surface area contributed by atoms with Gasteiger partial charge in [0.1, 0.15) is 11.5 Å². The van der Waals surface area contributed by atoms with Crippen molar-refractivity contribution in [1.29, 1.82) is 0 Å². The summed E-state index contributed by atoms with van der Waals surface area (Å²) in [5.41, 5.74) is 0.491.